The van der Waals surface area contributed by atoms with Gasteiger partial charge in [-0.2, -0.15) is 4.98 Å². The summed E-state index contributed by atoms with van der Waals surface area (Å²) in [5, 5.41) is 3.96. The van der Waals surface area contributed by atoms with E-state index in [1.165, 1.54) is 0 Å². The van der Waals surface area contributed by atoms with Crippen molar-refractivity contribution in [1.82, 2.24) is 15.0 Å². The number of pyridine rings is 1. The molecule has 0 aliphatic rings. The fraction of sp³-hybridized carbons (Fsp3) is 0.0500. The highest BCUT2D eigenvalue weighted by atomic mass is 35.5. The Morgan fingerprint density at radius 2 is 1.96 bits per heavy atom. The molecule has 2 aromatic carbocycles. The molecule has 0 saturated carbocycles. The molecular weight excluding hydrogens is 364 g/mol. The van der Waals surface area contributed by atoms with Crippen molar-refractivity contribution >= 4 is 34.3 Å². The van der Waals surface area contributed by atoms with Gasteiger partial charge in [-0.1, -0.05) is 35.9 Å². The first-order valence-electron chi connectivity index (χ1n) is 8.21. The van der Waals surface area contributed by atoms with Gasteiger partial charge in [0.25, 0.3) is 5.56 Å². The summed E-state index contributed by atoms with van der Waals surface area (Å²) in [7, 11) is 1.60. The molecule has 27 heavy (non-hydrogen) atoms. The summed E-state index contributed by atoms with van der Waals surface area (Å²) >= 11 is 6.16. The Morgan fingerprint density at radius 1 is 1.11 bits per heavy atom. The second-order valence-corrected chi connectivity index (χ2v) is 6.22. The first-order chi connectivity index (χ1) is 13.2. The zero-order chi connectivity index (χ0) is 18.8. The normalized spacial score (nSPS) is 10.7. The first kappa shape index (κ1) is 17.1. The maximum atomic E-state index is 12.8. The van der Waals surface area contributed by atoms with Crippen molar-refractivity contribution in [2.24, 2.45) is 0 Å². The minimum absolute atomic E-state index is 0.274. The van der Waals surface area contributed by atoms with Crippen molar-refractivity contribution in [3.05, 3.63) is 76.2 Å². The topological polar surface area (TPSA) is 79.9 Å². The van der Waals surface area contributed by atoms with Crippen LogP contribution in [0.2, 0.25) is 5.02 Å². The van der Waals surface area contributed by atoms with Gasteiger partial charge in [-0.25, -0.2) is 4.98 Å². The van der Waals surface area contributed by atoms with Crippen LogP contribution < -0.4 is 15.6 Å². The van der Waals surface area contributed by atoms with E-state index in [4.69, 9.17) is 16.3 Å². The maximum absolute atomic E-state index is 12.8. The maximum Gasteiger partial charge on any atom is 0.262 e. The number of methoxy groups -OCH3 is 1. The van der Waals surface area contributed by atoms with Crippen LogP contribution in [0.5, 0.6) is 5.75 Å². The average Bonchev–Trinajstić information content (AvgIpc) is 2.69. The number of hydrogen-bond donors (Lipinski definition) is 2. The van der Waals surface area contributed by atoms with E-state index in [-0.39, 0.29) is 11.5 Å². The Kier molecular flexibility index (Phi) is 4.48. The molecule has 0 fully saturated rings. The number of hydrogen-bond acceptors (Lipinski definition) is 5. The largest absolute Gasteiger partial charge is 0.497 e. The zero-order valence-corrected chi connectivity index (χ0v) is 15.1. The van der Waals surface area contributed by atoms with Crippen molar-refractivity contribution < 1.29 is 4.74 Å². The predicted molar refractivity (Wildman–Crippen MR) is 107 cm³/mol. The summed E-state index contributed by atoms with van der Waals surface area (Å²) in [5.41, 5.74) is 2.28. The lowest BCUT2D eigenvalue weighted by Crippen LogP contribution is -2.13. The lowest BCUT2D eigenvalue weighted by molar-refractivity contribution is 0.415. The minimum atomic E-state index is -0.291. The van der Waals surface area contributed by atoms with Crippen molar-refractivity contribution in [3.8, 4) is 16.9 Å². The molecule has 0 radical (unpaired) electrons. The molecule has 2 aromatic heterocycles. The van der Waals surface area contributed by atoms with Crippen LogP contribution in [-0.4, -0.2) is 22.1 Å². The number of aromatic amines is 1. The van der Waals surface area contributed by atoms with Gasteiger partial charge in [-0.15, -0.1) is 0 Å². The molecule has 7 heteroatoms. The van der Waals surface area contributed by atoms with Gasteiger partial charge in [-0.3, -0.25) is 9.78 Å². The fourth-order valence-electron chi connectivity index (χ4n) is 2.84. The van der Waals surface area contributed by atoms with Gasteiger partial charge in [0.05, 0.1) is 23.2 Å². The molecule has 0 atom stereocenters. The van der Waals surface area contributed by atoms with Crippen molar-refractivity contribution in [1.29, 1.82) is 0 Å². The van der Waals surface area contributed by atoms with Gasteiger partial charge in [0.2, 0.25) is 5.95 Å². The predicted octanol–water partition coefficient (Wildman–Crippen LogP) is 4.39. The molecule has 2 N–H and O–H groups in total. The molecule has 0 amide bonds. The van der Waals surface area contributed by atoms with E-state index in [1.54, 1.807) is 31.5 Å². The summed E-state index contributed by atoms with van der Waals surface area (Å²) in [6.45, 7) is 0. The van der Waals surface area contributed by atoms with Crippen molar-refractivity contribution in [2.75, 3.05) is 12.4 Å². The second-order valence-electron chi connectivity index (χ2n) is 5.81. The van der Waals surface area contributed by atoms with E-state index >= 15 is 0 Å². The van der Waals surface area contributed by atoms with Gasteiger partial charge >= 0.3 is 0 Å². The van der Waals surface area contributed by atoms with E-state index in [1.807, 2.05) is 36.4 Å². The molecule has 0 spiro atoms. The zero-order valence-electron chi connectivity index (χ0n) is 14.4. The number of fused-ring (bicyclic) bond motifs is 1. The lowest BCUT2D eigenvalue weighted by Gasteiger charge is -2.10. The number of halogens is 1. The molecule has 6 nitrogen and oxygen atoms in total. The molecule has 4 aromatic rings. The Labute approximate surface area is 159 Å². The molecule has 4 rings (SSSR count). The Balaban J connectivity index is 1.83. The lowest BCUT2D eigenvalue weighted by atomic mass is 10.0. The van der Waals surface area contributed by atoms with E-state index in [2.05, 4.69) is 20.3 Å². The van der Waals surface area contributed by atoms with Gasteiger partial charge in [0, 0.05) is 6.20 Å². The van der Waals surface area contributed by atoms with E-state index in [0.29, 0.717) is 27.5 Å². The number of anilines is 2. The van der Waals surface area contributed by atoms with Crippen LogP contribution in [0.15, 0.2) is 65.6 Å². The van der Waals surface area contributed by atoms with Crippen LogP contribution in [0.3, 0.4) is 0 Å². The molecule has 0 saturated heterocycles. The van der Waals surface area contributed by atoms with Gasteiger partial charge < -0.3 is 10.1 Å². The Morgan fingerprint density at radius 3 is 2.78 bits per heavy atom. The fourth-order valence-corrected chi connectivity index (χ4v) is 3.03. The molecule has 0 unspecified atom stereocenters. The van der Waals surface area contributed by atoms with Crippen LogP contribution in [0, 0.1) is 0 Å². The summed E-state index contributed by atoms with van der Waals surface area (Å²) in [5.74, 6) is 0.981. The van der Waals surface area contributed by atoms with Gasteiger partial charge in [-0.05, 0) is 41.5 Å². The Bertz CT molecular complexity index is 1190. The number of ether oxygens (including phenoxy) is 1. The summed E-state index contributed by atoms with van der Waals surface area (Å²) < 4.78 is 5.28. The summed E-state index contributed by atoms with van der Waals surface area (Å²) in [6, 6.07) is 16.5. The van der Waals surface area contributed by atoms with Crippen LogP contribution in [0.4, 0.5) is 11.6 Å². The van der Waals surface area contributed by atoms with Gasteiger partial charge in [0.1, 0.15) is 5.75 Å². The standard InChI is InChI=1S/C20H15ClN4O2/c1-27-13-6-4-5-12(11-13)14-9-10-22-18-17(14)19(26)25-20(24-18)23-16-8-3-2-7-15(16)21/h2-11H,1H3,(H2,22,23,24,25,26). The number of aromatic nitrogens is 3. The number of nitrogens with zero attached hydrogens (tertiary/aromatic N) is 2. The number of rotatable bonds is 4. The minimum Gasteiger partial charge on any atom is -0.497 e. The van der Waals surface area contributed by atoms with E-state index in [0.717, 1.165) is 11.1 Å². The SMILES string of the molecule is COc1cccc(-c2ccnc3nc(Nc4ccccc4Cl)[nH]c(=O)c23)c1. The number of para-hydroxylation sites is 1. The quantitative estimate of drug-likeness (QED) is 0.550. The summed E-state index contributed by atoms with van der Waals surface area (Å²) in [4.78, 5) is 24.2. The third kappa shape index (κ3) is 3.35. The van der Waals surface area contributed by atoms with Crippen LogP contribution in [0.1, 0.15) is 0 Å². The highest BCUT2D eigenvalue weighted by Crippen LogP contribution is 2.28. The molecule has 2 heterocycles. The number of H-pyrrole nitrogens is 1. The van der Waals surface area contributed by atoms with Crippen LogP contribution >= 0.6 is 11.6 Å². The van der Waals surface area contributed by atoms with Crippen LogP contribution in [0.25, 0.3) is 22.2 Å². The van der Waals surface area contributed by atoms with Crippen LogP contribution in [-0.2, 0) is 0 Å². The third-order valence-corrected chi connectivity index (χ3v) is 4.44. The van der Waals surface area contributed by atoms with Gasteiger partial charge in [0.15, 0.2) is 5.65 Å². The highest BCUT2D eigenvalue weighted by molar-refractivity contribution is 6.33. The number of benzene rings is 2. The van der Waals surface area contributed by atoms with Crippen molar-refractivity contribution in [2.45, 2.75) is 0 Å². The first-order valence-corrected chi connectivity index (χ1v) is 8.58. The molecule has 0 aliphatic carbocycles. The molecule has 0 bridgehead atoms. The van der Waals surface area contributed by atoms with Crippen molar-refractivity contribution in [3.63, 3.8) is 0 Å². The molecule has 0 aliphatic heterocycles. The monoisotopic (exact) mass is 378 g/mol. The smallest absolute Gasteiger partial charge is 0.262 e. The third-order valence-electron chi connectivity index (χ3n) is 4.12. The highest BCUT2D eigenvalue weighted by Gasteiger charge is 2.12. The van der Waals surface area contributed by atoms with E-state index in [9.17, 15) is 4.79 Å². The van der Waals surface area contributed by atoms with E-state index < -0.39 is 0 Å². The second kappa shape index (κ2) is 7.09. The summed E-state index contributed by atoms with van der Waals surface area (Å²) in [6.07, 6.45) is 1.63. The Hall–Kier alpha value is -3.38. The molecule has 134 valence electrons. The number of nitrogens with one attached hydrogen (secondary N) is 2. The molecular formula is C20H15ClN4O2. The average molecular weight is 379 g/mol.